The molecule has 2 N–H and O–H groups in total. The number of sulfonamides is 1. The number of nitrogens with one attached hydrogen (secondary N) is 2. The van der Waals surface area contributed by atoms with Crippen molar-refractivity contribution in [2.24, 2.45) is 5.92 Å². The van der Waals surface area contributed by atoms with Crippen molar-refractivity contribution in [2.75, 3.05) is 5.75 Å². The van der Waals surface area contributed by atoms with Gasteiger partial charge in [-0.05, 0) is 32.6 Å². The highest BCUT2D eigenvalue weighted by atomic mass is 32.2. The average Bonchev–Trinajstić information content (AvgIpc) is 2.39. The molecule has 0 aliphatic heterocycles. The quantitative estimate of drug-likeness (QED) is 0.773. The Labute approximate surface area is 114 Å². The van der Waals surface area contributed by atoms with Crippen molar-refractivity contribution >= 4 is 21.8 Å². The van der Waals surface area contributed by atoms with E-state index < -0.39 is 15.9 Å². The normalized spacial score (nSPS) is 23.7. The Bertz CT molecular complexity index is 425. The van der Waals surface area contributed by atoms with E-state index >= 15 is 0 Å². The molecule has 1 aliphatic carbocycles. The Hall–Kier alpha value is -1.11. The first-order valence-corrected chi connectivity index (χ1v) is 8.36. The summed E-state index contributed by atoms with van der Waals surface area (Å²) in [5.74, 6) is -0.764. The van der Waals surface area contributed by atoms with Crippen LogP contribution in [0.3, 0.4) is 0 Å². The van der Waals surface area contributed by atoms with Crippen LogP contribution in [-0.4, -0.2) is 32.0 Å². The Balaban J connectivity index is 2.41. The number of carbonyl (C=O) groups excluding carboxylic acids is 2. The highest BCUT2D eigenvalue weighted by molar-refractivity contribution is 7.90. The van der Waals surface area contributed by atoms with Crippen LogP contribution >= 0.6 is 0 Å². The lowest BCUT2D eigenvalue weighted by Crippen LogP contribution is -2.42. The largest absolute Gasteiger partial charge is 0.353 e. The fourth-order valence-corrected chi connectivity index (χ4v) is 2.76. The van der Waals surface area contributed by atoms with Gasteiger partial charge in [-0.15, -0.1) is 0 Å². The molecule has 1 aliphatic rings. The lowest BCUT2D eigenvalue weighted by molar-refractivity contribution is -0.124. The van der Waals surface area contributed by atoms with Gasteiger partial charge in [0.05, 0.1) is 5.75 Å². The molecule has 19 heavy (non-hydrogen) atoms. The third kappa shape index (κ3) is 5.18. The van der Waals surface area contributed by atoms with Crippen molar-refractivity contribution < 1.29 is 18.0 Å². The van der Waals surface area contributed by atoms with E-state index in [1.165, 1.54) is 6.92 Å². The van der Waals surface area contributed by atoms with E-state index in [4.69, 9.17) is 0 Å². The van der Waals surface area contributed by atoms with Crippen molar-refractivity contribution in [2.45, 2.75) is 52.0 Å². The van der Waals surface area contributed by atoms with E-state index in [0.717, 1.165) is 12.8 Å². The lowest BCUT2D eigenvalue weighted by Gasteiger charge is -2.28. The molecule has 1 fully saturated rings. The van der Waals surface area contributed by atoms with E-state index in [2.05, 4.69) is 10.0 Å². The number of amides is 2. The van der Waals surface area contributed by atoms with Crippen LogP contribution in [0.5, 0.6) is 0 Å². The summed E-state index contributed by atoms with van der Waals surface area (Å²) < 4.78 is 24.7. The maximum Gasteiger partial charge on any atom is 0.236 e. The zero-order valence-corrected chi connectivity index (χ0v) is 12.3. The molecule has 0 unspecified atom stereocenters. The molecule has 0 aromatic carbocycles. The SMILES string of the molecule is CCC(=O)NC1CCC(C(=O)NS(=O)(=O)CC)CC1. The highest BCUT2D eigenvalue weighted by Crippen LogP contribution is 2.24. The zero-order chi connectivity index (χ0) is 14.5. The molecule has 6 nitrogen and oxygen atoms in total. The molecule has 2 amide bonds. The minimum atomic E-state index is -3.47. The second-order valence-corrected chi connectivity index (χ2v) is 6.85. The highest BCUT2D eigenvalue weighted by Gasteiger charge is 2.28. The van der Waals surface area contributed by atoms with Crippen LogP contribution in [0, 0.1) is 5.92 Å². The standard InChI is InChI=1S/C12H22N2O4S/c1-3-11(15)13-10-7-5-9(6-8-10)12(16)14-19(17,18)4-2/h9-10H,3-8H2,1-2H3,(H,13,15)(H,14,16). The Morgan fingerprint density at radius 2 is 1.68 bits per heavy atom. The van der Waals surface area contributed by atoms with Gasteiger partial charge in [-0.1, -0.05) is 6.92 Å². The van der Waals surface area contributed by atoms with Gasteiger partial charge in [0.2, 0.25) is 21.8 Å². The summed E-state index contributed by atoms with van der Waals surface area (Å²) in [6, 6.07) is 0.110. The molecule has 1 rings (SSSR count). The van der Waals surface area contributed by atoms with Crippen molar-refractivity contribution in [3.63, 3.8) is 0 Å². The third-order valence-electron chi connectivity index (χ3n) is 3.42. The molecule has 0 bridgehead atoms. The minimum absolute atomic E-state index is 0.0152. The maximum atomic E-state index is 11.8. The molecule has 0 atom stereocenters. The van der Waals surface area contributed by atoms with Crippen molar-refractivity contribution in [1.29, 1.82) is 0 Å². The van der Waals surface area contributed by atoms with Gasteiger partial charge in [0.25, 0.3) is 0 Å². The molecule has 7 heteroatoms. The Morgan fingerprint density at radius 1 is 1.11 bits per heavy atom. The van der Waals surface area contributed by atoms with E-state index in [1.807, 2.05) is 0 Å². The molecule has 1 saturated carbocycles. The van der Waals surface area contributed by atoms with Gasteiger partial charge < -0.3 is 5.32 Å². The first kappa shape index (κ1) is 15.9. The van der Waals surface area contributed by atoms with Crippen molar-refractivity contribution in [3.05, 3.63) is 0 Å². The maximum absolute atomic E-state index is 11.8. The fraction of sp³-hybridized carbons (Fsp3) is 0.833. The van der Waals surface area contributed by atoms with Gasteiger partial charge in [0.1, 0.15) is 0 Å². The number of hydrogen-bond donors (Lipinski definition) is 2. The summed E-state index contributed by atoms with van der Waals surface area (Å²) in [6.45, 7) is 3.29. The predicted octanol–water partition coefficient (Wildman–Crippen LogP) is 0.537. The third-order valence-corrected chi connectivity index (χ3v) is 4.69. The molecule has 0 heterocycles. The summed E-state index contributed by atoms with van der Waals surface area (Å²) >= 11 is 0. The van der Waals surface area contributed by atoms with Crippen LogP contribution in [0.15, 0.2) is 0 Å². The van der Waals surface area contributed by atoms with Crippen molar-refractivity contribution in [1.82, 2.24) is 10.0 Å². The summed E-state index contributed by atoms with van der Waals surface area (Å²) in [5, 5.41) is 2.90. The molecular formula is C12H22N2O4S. The van der Waals surface area contributed by atoms with Crippen molar-refractivity contribution in [3.8, 4) is 0 Å². The molecule has 0 aromatic heterocycles. The average molecular weight is 290 g/mol. The molecule has 0 spiro atoms. The topological polar surface area (TPSA) is 92.3 Å². The van der Waals surface area contributed by atoms with Crippen LogP contribution in [0.25, 0.3) is 0 Å². The smallest absolute Gasteiger partial charge is 0.236 e. The van der Waals surface area contributed by atoms with Crippen LogP contribution < -0.4 is 10.0 Å². The van der Waals surface area contributed by atoms with Gasteiger partial charge in [0.15, 0.2) is 0 Å². The van der Waals surface area contributed by atoms with E-state index in [1.54, 1.807) is 6.92 Å². The van der Waals surface area contributed by atoms with Gasteiger partial charge >= 0.3 is 0 Å². The van der Waals surface area contributed by atoms with Gasteiger partial charge in [0, 0.05) is 18.4 Å². The molecular weight excluding hydrogens is 268 g/mol. The Kier molecular flexibility index (Phi) is 5.78. The number of hydrogen-bond acceptors (Lipinski definition) is 4. The lowest BCUT2D eigenvalue weighted by atomic mass is 9.85. The first-order chi connectivity index (χ1) is 8.88. The summed E-state index contributed by atoms with van der Waals surface area (Å²) in [7, 11) is -3.47. The fourth-order valence-electron chi connectivity index (χ4n) is 2.14. The molecule has 0 aromatic rings. The van der Waals surface area contributed by atoms with E-state index in [-0.39, 0.29) is 23.6 Å². The van der Waals surface area contributed by atoms with Crippen LogP contribution in [0.1, 0.15) is 46.0 Å². The monoisotopic (exact) mass is 290 g/mol. The number of carbonyl (C=O) groups is 2. The Morgan fingerprint density at radius 3 is 2.16 bits per heavy atom. The predicted molar refractivity (Wildman–Crippen MR) is 71.8 cm³/mol. The minimum Gasteiger partial charge on any atom is -0.353 e. The molecule has 0 saturated heterocycles. The van der Waals surface area contributed by atoms with E-state index in [0.29, 0.717) is 19.3 Å². The van der Waals surface area contributed by atoms with Gasteiger partial charge in [-0.2, -0.15) is 0 Å². The zero-order valence-electron chi connectivity index (χ0n) is 11.4. The second-order valence-electron chi connectivity index (χ2n) is 4.84. The second kappa shape index (κ2) is 6.88. The molecule has 110 valence electrons. The summed E-state index contributed by atoms with van der Waals surface area (Å²) in [5.41, 5.74) is 0. The van der Waals surface area contributed by atoms with Gasteiger partial charge in [-0.25, -0.2) is 8.42 Å². The summed E-state index contributed by atoms with van der Waals surface area (Å²) in [4.78, 5) is 23.0. The summed E-state index contributed by atoms with van der Waals surface area (Å²) in [6.07, 6.45) is 3.11. The first-order valence-electron chi connectivity index (χ1n) is 6.71. The van der Waals surface area contributed by atoms with E-state index in [9.17, 15) is 18.0 Å². The molecule has 0 radical (unpaired) electrons. The van der Waals surface area contributed by atoms with Crippen LogP contribution in [0.2, 0.25) is 0 Å². The van der Waals surface area contributed by atoms with Crippen LogP contribution in [0.4, 0.5) is 0 Å². The van der Waals surface area contributed by atoms with Crippen LogP contribution in [-0.2, 0) is 19.6 Å². The van der Waals surface area contributed by atoms with Gasteiger partial charge in [-0.3, -0.25) is 14.3 Å². The number of rotatable bonds is 5.